The van der Waals surface area contributed by atoms with E-state index in [9.17, 15) is 4.79 Å². The standard InChI is InChI=1S/C22H26BN7O3/c23-27-7-10-33-16-3-1-15(2-4-16)17-14-26-21(24)20(28-17)22(31)29-18-13-25-6-5-19(18)30-8-11-32-12-9-30/h1-6,13-14,27H,7-12,23H2,(H2,24,26)(H,29,31). The monoisotopic (exact) mass is 447 g/mol. The van der Waals surface area contributed by atoms with Gasteiger partial charge in [-0.2, -0.15) is 0 Å². The Morgan fingerprint density at radius 2 is 1.97 bits per heavy atom. The summed E-state index contributed by atoms with van der Waals surface area (Å²) in [4.78, 5) is 28.0. The second-order valence-corrected chi connectivity index (χ2v) is 7.41. The topological polar surface area (TPSA) is 128 Å². The van der Waals surface area contributed by atoms with E-state index in [1.54, 1.807) is 18.6 Å². The molecule has 3 aromatic rings. The van der Waals surface area contributed by atoms with Crippen LogP contribution in [-0.2, 0) is 4.74 Å². The van der Waals surface area contributed by atoms with Crippen molar-refractivity contribution in [2.24, 2.45) is 0 Å². The molecule has 0 saturated carbocycles. The van der Waals surface area contributed by atoms with Gasteiger partial charge in [0, 0.05) is 31.4 Å². The first-order valence-corrected chi connectivity index (χ1v) is 10.7. The van der Waals surface area contributed by atoms with E-state index in [1.165, 1.54) is 0 Å². The Kier molecular flexibility index (Phi) is 7.33. The van der Waals surface area contributed by atoms with Gasteiger partial charge in [0.1, 0.15) is 5.75 Å². The van der Waals surface area contributed by atoms with Crippen LogP contribution in [0.5, 0.6) is 5.75 Å². The third kappa shape index (κ3) is 5.57. The number of nitrogens with zero attached hydrogens (tertiary/aromatic N) is 4. The van der Waals surface area contributed by atoms with Gasteiger partial charge in [-0.15, -0.1) is 0 Å². The highest BCUT2D eigenvalue weighted by Gasteiger charge is 2.19. The number of rotatable bonds is 8. The van der Waals surface area contributed by atoms with Gasteiger partial charge in [-0.05, 0) is 30.3 Å². The van der Waals surface area contributed by atoms with E-state index in [1.807, 2.05) is 38.3 Å². The van der Waals surface area contributed by atoms with Gasteiger partial charge in [0.25, 0.3) is 5.91 Å². The molecule has 1 saturated heterocycles. The second-order valence-electron chi connectivity index (χ2n) is 7.41. The lowest BCUT2D eigenvalue weighted by Gasteiger charge is -2.30. The molecular formula is C22H26BN7O3. The van der Waals surface area contributed by atoms with Crippen LogP contribution in [0.2, 0.25) is 0 Å². The Morgan fingerprint density at radius 3 is 2.73 bits per heavy atom. The maximum absolute atomic E-state index is 13.1. The van der Waals surface area contributed by atoms with Gasteiger partial charge in [-0.25, -0.2) is 9.97 Å². The second kappa shape index (κ2) is 10.8. The average molecular weight is 447 g/mol. The van der Waals surface area contributed by atoms with Crippen molar-refractivity contribution < 1.29 is 14.3 Å². The molecule has 4 rings (SSSR count). The molecule has 33 heavy (non-hydrogen) atoms. The number of benzene rings is 1. The molecule has 0 radical (unpaired) electrons. The highest BCUT2D eigenvalue weighted by molar-refractivity contribution is 6.07. The summed E-state index contributed by atoms with van der Waals surface area (Å²) < 4.78 is 11.1. The Bertz CT molecular complexity index is 1090. The summed E-state index contributed by atoms with van der Waals surface area (Å²) in [7, 11) is 1.87. The fourth-order valence-corrected chi connectivity index (χ4v) is 3.44. The molecule has 1 aliphatic heterocycles. The number of anilines is 3. The first-order chi connectivity index (χ1) is 16.2. The van der Waals surface area contributed by atoms with Gasteiger partial charge in [0.2, 0.25) is 0 Å². The molecule has 0 aliphatic carbocycles. The van der Waals surface area contributed by atoms with Crippen molar-refractivity contribution in [1.29, 1.82) is 0 Å². The molecule has 4 N–H and O–H groups in total. The molecule has 1 amide bonds. The molecule has 3 heterocycles. The molecule has 0 spiro atoms. The molecule has 2 aromatic heterocycles. The Labute approximate surface area is 193 Å². The minimum absolute atomic E-state index is 0.0543. The van der Waals surface area contributed by atoms with Gasteiger partial charge < -0.3 is 30.7 Å². The summed E-state index contributed by atoms with van der Waals surface area (Å²) in [5.74, 6) is 0.360. The van der Waals surface area contributed by atoms with Crippen LogP contribution in [0.4, 0.5) is 17.2 Å². The quantitative estimate of drug-likeness (QED) is 0.338. The van der Waals surface area contributed by atoms with Crippen molar-refractivity contribution in [3.63, 3.8) is 0 Å². The zero-order valence-corrected chi connectivity index (χ0v) is 18.5. The van der Waals surface area contributed by atoms with Gasteiger partial charge in [0.15, 0.2) is 19.5 Å². The smallest absolute Gasteiger partial charge is 0.278 e. The van der Waals surface area contributed by atoms with Crippen LogP contribution in [-0.4, -0.2) is 68.3 Å². The third-order valence-electron chi connectivity index (χ3n) is 5.18. The maximum Gasteiger partial charge on any atom is 0.278 e. The Hall–Kier alpha value is -3.70. The van der Waals surface area contributed by atoms with E-state index in [0.717, 1.165) is 36.6 Å². The van der Waals surface area contributed by atoms with Crippen molar-refractivity contribution >= 4 is 31.1 Å². The number of morpholine rings is 1. The van der Waals surface area contributed by atoms with Gasteiger partial charge >= 0.3 is 0 Å². The maximum atomic E-state index is 13.1. The van der Waals surface area contributed by atoms with Crippen LogP contribution in [0.25, 0.3) is 11.3 Å². The summed E-state index contributed by atoms with van der Waals surface area (Å²) in [5.41, 5.74) is 8.84. The number of nitrogens with one attached hydrogen (secondary N) is 2. The first-order valence-electron chi connectivity index (χ1n) is 10.7. The minimum Gasteiger partial charge on any atom is -0.492 e. The van der Waals surface area contributed by atoms with Gasteiger partial charge in [-0.1, -0.05) is 0 Å². The summed E-state index contributed by atoms with van der Waals surface area (Å²) in [6, 6.07) is 9.31. The fraction of sp³-hybridized carbons (Fsp3) is 0.273. The number of pyridine rings is 1. The summed E-state index contributed by atoms with van der Waals surface area (Å²) in [5, 5.41) is 5.92. The lowest BCUT2D eigenvalue weighted by atomic mass is 10.1. The molecule has 10 nitrogen and oxygen atoms in total. The Morgan fingerprint density at radius 1 is 1.18 bits per heavy atom. The van der Waals surface area contributed by atoms with Crippen LogP contribution in [0.1, 0.15) is 10.5 Å². The van der Waals surface area contributed by atoms with Crippen molar-refractivity contribution in [2.45, 2.75) is 0 Å². The van der Waals surface area contributed by atoms with E-state index in [4.69, 9.17) is 15.2 Å². The number of hydrogen-bond acceptors (Lipinski definition) is 9. The summed E-state index contributed by atoms with van der Waals surface area (Å²) >= 11 is 0. The number of aromatic nitrogens is 3. The minimum atomic E-state index is -0.448. The third-order valence-corrected chi connectivity index (χ3v) is 5.18. The van der Waals surface area contributed by atoms with Crippen LogP contribution in [0, 0.1) is 0 Å². The van der Waals surface area contributed by atoms with E-state index in [-0.39, 0.29) is 11.5 Å². The normalized spacial score (nSPS) is 13.5. The summed E-state index contributed by atoms with van der Waals surface area (Å²) in [6.45, 7) is 4.07. The van der Waals surface area contributed by atoms with Gasteiger partial charge in [-0.3, -0.25) is 9.78 Å². The molecule has 0 bridgehead atoms. The SMILES string of the molecule is BNCCOc1ccc(-c2cnc(N)c(C(=O)Nc3cnccc3N3CCOCC3)n2)cc1. The number of carbonyl (C=O) groups excluding carboxylic acids is 1. The lowest BCUT2D eigenvalue weighted by Crippen LogP contribution is -2.36. The molecule has 0 atom stereocenters. The van der Waals surface area contributed by atoms with Crippen molar-refractivity contribution in [3.8, 4) is 17.0 Å². The summed E-state index contributed by atoms with van der Waals surface area (Å²) in [6.07, 6.45) is 4.86. The highest BCUT2D eigenvalue weighted by Crippen LogP contribution is 2.27. The molecule has 11 heteroatoms. The molecule has 1 aliphatic rings. The van der Waals surface area contributed by atoms with E-state index in [0.29, 0.717) is 31.2 Å². The van der Waals surface area contributed by atoms with Crippen LogP contribution >= 0.6 is 0 Å². The predicted molar refractivity (Wildman–Crippen MR) is 129 cm³/mol. The van der Waals surface area contributed by atoms with E-state index < -0.39 is 5.91 Å². The predicted octanol–water partition coefficient (Wildman–Crippen LogP) is 0.726. The number of nitrogen functional groups attached to an aromatic ring is 1. The number of ether oxygens (including phenoxy) is 2. The zero-order chi connectivity index (χ0) is 23.0. The molecule has 0 unspecified atom stereocenters. The molecular weight excluding hydrogens is 421 g/mol. The van der Waals surface area contributed by atoms with E-state index >= 15 is 0 Å². The highest BCUT2D eigenvalue weighted by atomic mass is 16.5. The van der Waals surface area contributed by atoms with Gasteiger partial charge in [0.05, 0.1) is 49.3 Å². The van der Waals surface area contributed by atoms with Crippen LogP contribution < -0.4 is 25.9 Å². The number of amides is 1. The molecule has 170 valence electrons. The Balaban J connectivity index is 1.52. The van der Waals surface area contributed by atoms with Crippen LogP contribution in [0.3, 0.4) is 0 Å². The zero-order valence-electron chi connectivity index (χ0n) is 18.5. The molecule has 1 fully saturated rings. The first kappa shape index (κ1) is 22.5. The molecule has 1 aromatic carbocycles. The van der Waals surface area contributed by atoms with Crippen molar-refractivity contribution in [1.82, 2.24) is 20.2 Å². The van der Waals surface area contributed by atoms with Crippen LogP contribution in [0.15, 0.2) is 48.9 Å². The van der Waals surface area contributed by atoms with Crippen molar-refractivity contribution in [2.75, 3.05) is 55.4 Å². The average Bonchev–Trinajstić information content (AvgIpc) is 2.86. The lowest BCUT2D eigenvalue weighted by molar-refractivity contribution is 0.102. The largest absolute Gasteiger partial charge is 0.492 e. The number of carbonyl (C=O) groups is 1. The fourth-order valence-electron chi connectivity index (χ4n) is 3.44. The number of nitrogens with two attached hydrogens (primary N) is 1. The van der Waals surface area contributed by atoms with Crippen molar-refractivity contribution in [3.05, 3.63) is 54.6 Å². The van der Waals surface area contributed by atoms with E-state index in [2.05, 4.69) is 30.4 Å². The number of hydrogen-bond donors (Lipinski definition) is 3.